The van der Waals surface area contributed by atoms with Crippen LogP contribution < -0.4 is 16.4 Å². The van der Waals surface area contributed by atoms with Gasteiger partial charge in [0.05, 0.1) is 15.7 Å². The van der Waals surface area contributed by atoms with Crippen molar-refractivity contribution in [3.63, 3.8) is 0 Å². The SMILES string of the molecule is NCC[C@H](NC(=O)[C@@H]1Cc2ccccc2CN1C(=O)CCC(=O)c1ccccc1)C(=O)Nc1ccc2scnc2c1. The quantitative estimate of drug-likeness (QED) is 0.250. The molecule has 10 heteroatoms. The standard InChI is InChI=1S/C31H31N5O4S/c32-15-14-24(30(39)34-23-10-12-28-25(17-23)33-19-41-28)35-31(40)26-16-21-8-4-5-9-22(21)18-36(26)29(38)13-11-27(37)20-6-2-1-3-7-20/h1-10,12,17,19,24,26H,11,13-16,18,32H2,(H,34,39)(H,35,40)/t24-,26-/m0/s1. The van der Waals surface area contributed by atoms with Crippen LogP contribution in [0, 0.1) is 0 Å². The molecule has 1 aliphatic rings. The summed E-state index contributed by atoms with van der Waals surface area (Å²) in [5, 5.41) is 5.69. The first-order chi connectivity index (χ1) is 19.9. The number of fused-ring (bicyclic) bond motifs is 2. The third-order valence-corrected chi connectivity index (χ3v) is 8.03. The van der Waals surface area contributed by atoms with E-state index in [9.17, 15) is 19.2 Å². The molecule has 2 atom stereocenters. The first-order valence-corrected chi connectivity index (χ1v) is 14.4. The molecule has 0 saturated heterocycles. The number of aromatic nitrogens is 1. The zero-order chi connectivity index (χ0) is 28.8. The summed E-state index contributed by atoms with van der Waals surface area (Å²) >= 11 is 1.51. The Morgan fingerprint density at radius 2 is 1.73 bits per heavy atom. The molecule has 4 N–H and O–H groups in total. The molecule has 9 nitrogen and oxygen atoms in total. The Morgan fingerprint density at radius 3 is 2.51 bits per heavy atom. The van der Waals surface area contributed by atoms with Crippen LogP contribution in [0.4, 0.5) is 5.69 Å². The number of Topliss-reactive ketones (excluding diaryl/α,β-unsaturated/α-hetero) is 1. The van der Waals surface area contributed by atoms with Crippen LogP contribution in [-0.4, -0.2) is 52.0 Å². The molecule has 4 aromatic rings. The maximum Gasteiger partial charge on any atom is 0.247 e. The molecule has 3 aromatic carbocycles. The predicted molar refractivity (Wildman–Crippen MR) is 158 cm³/mol. The molecule has 0 saturated carbocycles. The van der Waals surface area contributed by atoms with Crippen LogP contribution in [0.5, 0.6) is 0 Å². The van der Waals surface area contributed by atoms with Crippen LogP contribution in [0.1, 0.15) is 40.7 Å². The van der Waals surface area contributed by atoms with Gasteiger partial charge in [0.1, 0.15) is 12.1 Å². The minimum absolute atomic E-state index is 0.0223. The highest BCUT2D eigenvalue weighted by molar-refractivity contribution is 7.16. The van der Waals surface area contributed by atoms with Crippen molar-refractivity contribution in [3.05, 3.63) is 95.0 Å². The van der Waals surface area contributed by atoms with Gasteiger partial charge in [0.15, 0.2) is 5.78 Å². The zero-order valence-electron chi connectivity index (χ0n) is 22.4. The lowest BCUT2D eigenvalue weighted by Crippen LogP contribution is -2.56. The molecule has 2 heterocycles. The van der Waals surface area contributed by atoms with Gasteiger partial charge in [0.25, 0.3) is 0 Å². The zero-order valence-corrected chi connectivity index (χ0v) is 23.2. The number of carbonyl (C=O) groups is 4. The summed E-state index contributed by atoms with van der Waals surface area (Å²) in [4.78, 5) is 58.7. The summed E-state index contributed by atoms with van der Waals surface area (Å²) in [6.45, 7) is 0.426. The number of carbonyl (C=O) groups excluding carboxylic acids is 4. The third kappa shape index (κ3) is 6.67. The van der Waals surface area contributed by atoms with E-state index < -0.39 is 23.9 Å². The molecule has 0 spiro atoms. The van der Waals surface area contributed by atoms with Crippen molar-refractivity contribution in [1.82, 2.24) is 15.2 Å². The van der Waals surface area contributed by atoms with Crippen molar-refractivity contribution in [1.29, 1.82) is 0 Å². The second kappa shape index (κ2) is 12.8. The van der Waals surface area contributed by atoms with E-state index in [4.69, 9.17) is 5.73 Å². The Hall–Kier alpha value is -4.41. The summed E-state index contributed by atoms with van der Waals surface area (Å²) in [7, 11) is 0. The van der Waals surface area contributed by atoms with Gasteiger partial charge in [0, 0.05) is 37.1 Å². The summed E-state index contributed by atoms with van der Waals surface area (Å²) in [6, 6.07) is 20.2. The van der Waals surface area contributed by atoms with E-state index in [1.54, 1.807) is 41.9 Å². The van der Waals surface area contributed by atoms with Crippen LogP contribution in [0.15, 0.2) is 78.3 Å². The lowest BCUT2D eigenvalue weighted by Gasteiger charge is -2.36. The Labute approximate surface area is 241 Å². The molecule has 0 unspecified atom stereocenters. The molecule has 0 radical (unpaired) electrons. The van der Waals surface area contributed by atoms with E-state index in [1.165, 1.54) is 16.2 Å². The number of nitrogens with one attached hydrogen (secondary N) is 2. The van der Waals surface area contributed by atoms with E-state index in [0.717, 1.165) is 21.3 Å². The molecule has 41 heavy (non-hydrogen) atoms. The van der Waals surface area contributed by atoms with Gasteiger partial charge in [-0.05, 0) is 42.3 Å². The van der Waals surface area contributed by atoms with Crippen LogP contribution in [0.2, 0.25) is 0 Å². The fourth-order valence-electron chi connectivity index (χ4n) is 5.02. The van der Waals surface area contributed by atoms with Crippen LogP contribution in [0.3, 0.4) is 0 Å². The number of thiazole rings is 1. The maximum absolute atomic E-state index is 13.7. The number of hydrogen-bond donors (Lipinski definition) is 3. The molecule has 0 aliphatic carbocycles. The fourth-order valence-corrected chi connectivity index (χ4v) is 5.68. The first kappa shape index (κ1) is 28.1. The van der Waals surface area contributed by atoms with Gasteiger partial charge in [-0.1, -0.05) is 54.6 Å². The number of amides is 3. The van der Waals surface area contributed by atoms with Crippen molar-refractivity contribution < 1.29 is 19.2 Å². The van der Waals surface area contributed by atoms with Crippen molar-refractivity contribution in [3.8, 4) is 0 Å². The Bertz CT molecular complexity index is 1570. The predicted octanol–water partition coefficient (Wildman–Crippen LogP) is 3.69. The number of nitrogens with two attached hydrogens (primary N) is 1. The third-order valence-electron chi connectivity index (χ3n) is 7.22. The number of anilines is 1. The van der Waals surface area contributed by atoms with Crippen molar-refractivity contribution in [2.24, 2.45) is 5.73 Å². The van der Waals surface area contributed by atoms with E-state index >= 15 is 0 Å². The summed E-state index contributed by atoms with van der Waals surface area (Å²) in [5.41, 5.74) is 11.3. The molecule has 0 fully saturated rings. The van der Waals surface area contributed by atoms with Gasteiger partial charge >= 0.3 is 0 Å². The van der Waals surface area contributed by atoms with Gasteiger partial charge in [-0.3, -0.25) is 19.2 Å². The highest BCUT2D eigenvalue weighted by Crippen LogP contribution is 2.25. The Kier molecular flexibility index (Phi) is 8.81. The molecule has 3 amide bonds. The topological polar surface area (TPSA) is 134 Å². The summed E-state index contributed by atoms with van der Waals surface area (Å²) < 4.78 is 1.00. The molecular weight excluding hydrogens is 538 g/mol. The highest BCUT2D eigenvalue weighted by atomic mass is 32.1. The maximum atomic E-state index is 13.7. The number of hydrogen-bond acceptors (Lipinski definition) is 7. The van der Waals surface area contributed by atoms with Gasteiger partial charge in [-0.15, -0.1) is 11.3 Å². The van der Waals surface area contributed by atoms with Crippen molar-refractivity contribution in [2.75, 3.05) is 11.9 Å². The van der Waals surface area contributed by atoms with E-state index in [2.05, 4.69) is 15.6 Å². The van der Waals surface area contributed by atoms with Crippen molar-refractivity contribution >= 4 is 50.7 Å². The summed E-state index contributed by atoms with van der Waals surface area (Å²) in [6.07, 6.45) is 0.541. The second-order valence-corrected chi connectivity index (χ2v) is 10.8. The molecule has 1 aliphatic heterocycles. The average molecular weight is 570 g/mol. The molecule has 5 rings (SSSR count). The lowest BCUT2D eigenvalue weighted by molar-refractivity contribution is -0.142. The van der Waals surface area contributed by atoms with Gasteiger partial charge in [-0.2, -0.15) is 0 Å². The minimum atomic E-state index is -0.896. The smallest absolute Gasteiger partial charge is 0.247 e. The van der Waals surface area contributed by atoms with E-state index in [-0.39, 0.29) is 44.0 Å². The molecule has 0 bridgehead atoms. The van der Waals surface area contributed by atoms with E-state index in [0.29, 0.717) is 17.7 Å². The molecule has 210 valence electrons. The molecule has 1 aromatic heterocycles. The fraction of sp³-hybridized carbons (Fsp3) is 0.258. The van der Waals surface area contributed by atoms with Gasteiger partial charge in [-0.25, -0.2) is 4.98 Å². The van der Waals surface area contributed by atoms with Crippen LogP contribution in [0.25, 0.3) is 10.2 Å². The second-order valence-electron chi connectivity index (χ2n) is 9.96. The largest absolute Gasteiger partial charge is 0.342 e. The minimum Gasteiger partial charge on any atom is -0.342 e. The number of nitrogens with zero attached hydrogens (tertiary/aromatic N) is 2. The van der Waals surface area contributed by atoms with E-state index in [1.807, 2.05) is 36.4 Å². The normalized spacial score (nSPS) is 15.1. The number of ketones is 1. The number of rotatable bonds is 10. The molecular formula is C31H31N5O4S. The summed E-state index contributed by atoms with van der Waals surface area (Å²) in [5.74, 6) is -1.26. The average Bonchev–Trinajstić information content (AvgIpc) is 3.47. The number of benzene rings is 3. The van der Waals surface area contributed by atoms with Gasteiger partial charge < -0.3 is 21.3 Å². The van der Waals surface area contributed by atoms with Crippen LogP contribution in [-0.2, 0) is 27.3 Å². The monoisotopic (exact) mass is 569 g/mol. The lowest BCUT2D eigenvalue weighted by atomic mass is 9.92. The first-order valence-electron chi connectivity index (χ1n) is 13.5. The van der Waals surface area contributed by atoms with Crippen LogP contribution >= 0.6 is 11.3 Å². The highest BCUT2D eigenvalue weighted by Gasteiger charge is 2.36. The van der Waals surface area contributed by atoms with Crippen molar-refractivity contribution in [2.45, 2.75) is 44.3 Å². The Morgan fingerprint density at radius 1 is 0.976 bits per heavy atom. The Balaban J connectivity index is 1.30. The van der Waals surface area contributed by atoms with Gasteiger partial charge in [0.2, 0.25) is 17.7 Å².